The first-order valence-corrected chi connectivity index (χ1v) is 10.2. The van der Waals surface area contributed by atoms with Crippen LogP contribution in [0.2, 0.25) is 0 Å². The predicted molar refractivity (Wildman–Crippen MR) is 104 cm³/mol. The Balaban J connectivity index is 1.73. The molecule has 2 aromatic carbocycles. The fourth-order valence-electron chi connectivity index (χ4n) is 2.83. The van der Waals surface area contributed by atoms with Crippen molar-refractivity contribution in [2.45, 2.75) is 37.5 Å². The van der Waals surface area contributed by atoms with Crippen molar-refractivity contribution in [2.75, 3.05) is 15.4 Å². The molecule has 3 rings (SSSR count). The third kappa shape index (κ3) is 4.65. The number of carbonyl (C=O) groups excluding carboxylic acids is 2. The molecule has 0 atom stereocenters. The zero-order valence-electron chi connectivity index (χ0n) is 14.9. The number of sulfonamides is 1. The zero-order chi connectivity index (χ0) is 19.4. The minimum atomic E-state index is -3.76. The minimum absolute atomic E-state index is 0.0399. The molecule has 2 amide bonds. The van der Waals surface area contributed by atoms with Crippen LogP contribution in [0.3, 0.4) is 0 Å². The molecule has 1 aliphatic heterocycles. The predicted octanol–water partition coefficient (Wildman–Crippen LogP) is 3.11. The van der Waals surface area contributed by atoms with E-state index >= 15 is 0 Å². The second-order valence-corrected chi connectivity index (χ2v) is 8.03. The lowest BCUT2D eigenvalue weighted by atomic mass is 10.0. The van der Waals surface area contributed by atoms with Gasteiger partial charge in [0.15, 0.2) is 0 Å². The first-order valence-electron chi connectivity index (χ1n) is 8.73. The van der Waals surface area contributed by atoms with Crippen molar-refractivity contribution in [1.29, 1.82) is 0 Å². The summed E-state index contributed by atoms with van der Waals surface area (Å²) in [6.45, 7) is 1.91. The molecule has 1 aliphatic rings. The molecule has 2 aromatic rings. The van der Waals surface area contributed by atoms with Crippen LogP contribution in [0.15, 0.2) is 47.4 Å². The standard InChI is InChI=1S/C19H21N3O4S/c1-2-3-18(23)20-14-5-8-16(9-6-14)27(25,26)22-15-7-10-17-13(12-15)4-11-19(24)21-17/h5-10,12,22H,2-4,11H2,1H3,(H,20,23)(H,21,24). The van der Waals surface area contributed by atoms with E-state index < -0.39 is 10.0 Å². The minimum Gasteiger partial charge on any atom is -0.326 e. The van der Waals surface area contributed by atoms with Crippen molar-refractivity contribution in [2.24, 2.45) is 0 Å². The fourth-order valence-corrected chi connectivity index (χ4v) is 3.88. The maximum atomic E-state index is 12.6. The molecule has 0 spiro atoms. The average Bonchev–Trinajstić information content (AvgIpc) is 2.62. The number of hydrogen-bond acceptors (Lipinski definition) is 4. The highest BCUT2D eigenvalue weighted by atomic mass is 32.2. The molecule has 0 aromatic heterocycles. The number of amides is 2. The second kappa shape index (κ2) is 7.79. The molecule has 0 radical (unpaired) electrons. The van der Waals surface area contributed by atoms with Crippen molar-refractivity contribution in [3.05, 3.63) is 48.0 Å². The van der Waals surface area contributed by atoms with Crippen LogP contribution in [0.1, 0.15) is 31.7 Å². The van der Waals surface area contributed by atoms with Crippen molar-refractivity contribution in [3.63, 3.8) is 0 Å². The molecular formula is C19H21N3O4S. The second-order valence-electron chi connectivity index (χ2n) is 6.35. The zero-order valence-corrected chi connectivity index (χ0v) is 15.7. The Labute approximate surface area is 158 Å². The van der Waals surface area contributed by atoms with Crippen LogP contribution < -0.4 is 15.4 Å². The van der Waals surface area contributed by atoms with Gasteiger partial charge in [-0.15, -0.1) is 0 Å². The molecule has 8 heteroatoms. The summed E-state index contributed by atoms with van der Waals surface area (Å²) in [5, 5.41) is 5.48. The molecule has 0 unspecified atom stereocenters. The Kier molecular flexibility index (Phi) is 5.46. The van der Waals surface area contributed by atoms with E-state index in [1.54, 1.807) is 30.3 Å². The van der Waals surface area contributed by atoms with E-state index in [-0.39, 0.29) is 16.7 Å². The monoisotopic (exact) mass is 387 g/mol. The summed E-state index contributed by atoms with van der Waals surface area (Å²) in [7, 11) is -3.76. The molecular weight excluding hydrogens is 366 g/mol. The van der Waals surface area contributed by atoms with E-state index in [0.717, 1.165) is 12.0 Å². The molecule has 7 nitrogen and oxygen atoms in total. The molecule has 0 fully saturated rings. The van der Waals surface area contributed by atoms with Crippen LogP contribution in [-0.2, 0) is 26.0 Å². The topological polar surface area (TPSA) is 104 Å². The first kappa shape index (κ1) is 18.9. The van der Waals surface area contributed by atoms with Crippen LogP contribution in [0.25, 0.3) is 0 Å². The van der Waals surface area contributed by atoms with E-state index in [2.05, 4.69) is 15.4 Å². The van der Waals surface area contributed by atoms with E-state index in [1.807, 2.05) is 6.92 Å². The average molecular weight is 387 g/mol. The van der Waals surface area contributed by atoms with E-state index in [0.29, 0.717) is 36.3 Å². The molecule has 0 aliphatic carbocycles. The summed E-state index contributed by atoms with van der Waals surface area (Å²) >= 11 is 0. The molecule has 27 heavy (non-hydrogen) atoms. The largest absolute Gasteiger partial charge is 0.326 e. The number of benzene rings is 2. The van der Waals surface area contributed by atoms with Gasteiger partial charge in [-0.1, -0.05) is 6.92 Å². The number of anilines is 3. The molecule has 0 bridgehead atoms. The van der Waals surface area contributed by atoms with Crippen LogP contribution in [0.5, 0.6) is 0 Å². The van der Waals surface area contributed by atoms with E-state index in [4.69, 9.17) is 0 Å². The number of hydrogen-bond donors (Lipinski definition) is 3. The highest BCUT2D eigenvalue weighted by Gasteiger charge is 2.18. The van der Waals surface area contributed by atoms with Crippen LogP contribution >= 0.6 is 0 Å². The van der Waals surface area contributed by atoms with E-state index in [1.165, 1.54) is 12.1 Å². The number of nitrogens with one attached hydrogen (secondary N) is 3. The molecule has 0 saturated carbocycles. The summed E-state index contributed by atoms with van der Waals surface area (Å²) in [6.07, 6.45) is 2.12. The SMILES string of the molecule is CCCC(=O)Nc1ccc(S(=O)(=O)Nc2ccc3c(c2)CCC(=O)N3)cc1. The first-order chi connectivity index (χ1) is 12.9. The van der Waals surface area contributed by atoms with E-state index in [9.17, 15) is 18.0 Å². The van der Waals surface area contributed by atoms with Crippen LogP contribution in [0.4, 0.5) is 17.1 Å². The fraction of sp³-hybridized carbons (Fsp3) is 0.263. The van der Waals surface area contributed by atoms with Gasteiger partial charge in [-0.05, 0) is 60.9 Å². The Hall–Kier alpha value is -2.87. The lowest BCUT2D eigenvalue weighted by Gasteiger charge is -2.18. The van der Waals surface area contributed by atoms with Crippen molar-refractivity contribution in [1.82, 2.24) is 0 Å². The van der Waals surface area contributed by atoms with Gasteiger partial charge in [0.1, 0.15) is 0 Å². The van der Waals surface area contributed by atoms with Gasteiger partial charge in [0.05, 0.1) is 4.90 Å². The highest BCUT2D eigenvalue weighted by Crippen LogP contribution is 2.27. The molecule has 3 N–H and O–H groups in total. The number of carbonyl (C=O) groups is 2. The summed E-state index contributed by atoms with van der Waals surface area (Å²) in [4.78, 5) is 23.1. The number of fused-ring (bicyclic) bond motifs is 1. The summed E-state index contributed by atoms with van der Waals surface area (Å²) < 4.78 is 27.7. The Bertz CT molecular complexity index is 969. The van der Waals surface area contributed by atoms with Gasteiger partial charge in [-0.25, -0.2) is 8.42 Å². The van der Waals surface area contributed by atoms with Gasteiger partial charge < -0.3 is 10.6 Å². The molecule has 142 valence electrons. The smallest absolute Gasteiger partial charge is 0.261 e. The summed E-state index contributed by atoms with van der Waals surface area (Å²) in [5.74, 6) is -0.144. The maximum Gasteiger partial charge on any atom is 0.261 e. The summed E-state index contributed by atoms with van der Waals surface area (Å²) in [6, 6.07) is 11.0. The molecule has 1 heterocycles. The van der Waals surface area contributed by atoms with Gasteiger partial charge >= 0.3 is 0 Å². The van der Waals surface area contributed by atoms with Crippen LogP contribution in [0, 0.1) is 0 Å². The Morgan fingerprint density at radius 3 is 2.48 bits per heavy atom. The van der Waals surface area contributed by atoms with Crippen molar-refractivity contribution >= 4 is 38.9 Å². The quantitative estimate of drug-likeness (QED) is 0.708. The van der Waals surface area contributed by atoms with Gasteiger partial charge in [0.2, 0.25) is 11.8 Å². The lowest BCUT2D eigenvalue weighted by Crippen LogP contribution is -2.19. The lowest BCUT2D eigenvalue weighted by molar-refractivity contribution is -0.117. The van der Waals surface area contributed by atoms with Gasteiger partial charge in [0.25, 0.3) is 10.0 Å². The third-order valence-electron chi connectivity index (χ3n) is 4.18. The maximum absolute atomic E-state index is 12.6. The normalized spacial score (nSPS) is 13.4. The third-order valence-corrected chi connectivity index (χ3v) is 5.58. The van der Waals surface area contributed by atoms with Crippen LogP contribution in [-0.4, -0.2) is 20.2 Å². The van der Waals surface area contributed by atoms with Gasteiger partial charge in [-0.3, -0.25) is 14.3 Å². The Morgan fingerprint density at radius 2 is 1.78 bits per heavy atom. The molecule has 0 saturated heterocycles. The number of rotatable bonds is 6. The number of aryl methyl sites for hydroxylation is 1. The Morgan fingerprint density at radius 1 is 1.07 bits per heavy atom. The highest BCUT2D eigenvalue weighted by molar-refractivity contribution is 7.92. The van der Waals surface area contributed by atoms with Gasteiger partial charge in [0, 0.05) is 29.9 Å². The summed E-state index contributed by atoms with van der Waals surface area (Å²) in [5.41, 5.74) is 2.59. The van der Waals surface area contributed by atoms with Gasteiger partial charge in [-0.2, -0.15) is 0 Å². The van der Waals surface area contributed by atoms with Crippen molar-refractivity contribution in [3.8, 4) is 0 Å². The van der Waals surface area contributed by atoms with Crippen molar-refractivity contribution < 1.29 is 18.0 Å².